The lowest BCUT2D eigenvalue weighted by Gasteiger charge is -2.22. The van der Waals surface area contributed by atoms with Gasteiger partial charge in [-0.1, -0.05) is 30.3 Å². The number of aliphatic imine (C=N–C) groups is 1. The molecule has 1 aromatic rings. The van der Waals surface area contributed by atoms with Crippen LogP contribution in [0.25, 0.3) is 0 Å². The number of hydrogen-bond acceptors (Lipinski definition) is 4. The standard InChI is InChI=1S/C22H38N4O2/c1-4-23-22(24-12-8-13-25(2)15-16-27-3)26-14-11-21(17-26)19-28-18-20-9-6-5-7-10-20/h5-7,9-10,21H,4,8,11-19H2,1-3H3,(H,23,24). The van der Waals surface area contributed by atoms with Gasteiger partial charge in [-0.2, -0.15) is 0 Å². The molecular formula is C22H38N4O2. The number of ether oxygens (including phenoxy) is 2. The number of rotatable bonds is 12. The van der Waals surface area contributed by atoms with Gasteiger partial charge in [0.1, 0.15) is 0 Å². The highest BCUT2D eigenvalue weighted by Crippen LogP contribution is 2.17. The molecule has 0 spiro atoms. The Balaban J connectivity index is 1.69. The Bertz CT molecular complexity index is 553. The normalized spacial score (nSPS) is 17.5. The molecule has 1 aliphatic heterocycles. The van der Waals surface area contributed by atoms with Crippen LogP contribution in [0.2, 0.25) is 0 Å². The highest BCUT2D eigenvalue weighted by molar-refractivity contribution is 5.80. The number of likely N-dealkylation sites (tertiary alicyclic amines) is 1. The zero-order chi connectivity index (χ0) is 20.0. The number of nitrogens with one attached hydrogen (secondary N) is 1. The summed E-state index contributed by atoms with van der Waals surface area (Å²) in [5.74, 6) is 1.63. The van der Waals surface area contributed by atoms with Crippen LogP contribution < -0.4 is 5.32 Å². The van der Waals surface area contributed by atoms with Crippen molar-refractivity contribution in [1.82, 2.24) is 15.1 Å². The fraction of sp³-hybridized carbons (Fsp3) is 0.682. The quantitative estimate of drug-likeness (QED) is 0.338. The largest absolute Gasteiger partial charge is 0.383 e. The maximum Gasteiger partial charge on any atom is 0.193 e. The van der Waals surface area contributed by atoms with Crippen LogP contribution in [0.15, 0.2) is 35.3 Å². The van der Waals surface area contributed by atoms with Gasteiger partial charge < -0.3 is 24.6 Å². The van der Waals surface area contributed by atoms with Crippen LogP contribution >= 0.6 is 0 Å². The van der Waals surface area contributed by atoms with Crippen LogP contribution in [0, 0.1) is 5.92 Å². The molecule has 1 saturated heterocycles. The van der Waals surface area contributed by atoms with Crippen LogP contribution in [0.3, 0.4) is 0 Å². The molecular weight excluding hydrogens is 352 g/mol. The second-order valence-electron chi connectivity index (χ2n) is 7.49. The predicted molar refractivity (Wildman–Crippen MR) is 116 cm³/mol. The Kier molecular flexibility index (Phi) is 10.9. The lowest BCUT2D eigenvalue weighted by Crippen LogP contribution is -2.40. The summed E-state index contributed by atoms with van der Waals surface area (Å²) in [6.07, 6.45) is 2.23. The van der Waals surface area contributed by atoms with E-state index in [0.29, 0.717) is 12.5 Å². The Labute approximate surface area is 170 Å². The summed E-state index contributed by atoms with van der Waals surface area (Å²) < 4.78 is 11.1. The molecule has 6 nitrogen and oxygen atoms in total. The van der Waals surface area contributed by atoms with Crippen molar-refractivity contribution in [3.05, 3.63) is 35.9 Å². The summed E-state index contributed by atoms with van der Waals surface area (Å²) >= 11 is 0. The first kappa shape index (κ1) is 22.7. The minimum Gasteiger partial charge on any atom is -0.383 e. The maximum absolute atomic E-state index is 5.95. The van der Waals surface area contributed by atoms with E-state index in [4.69, 9.17) is 14.5 Å². The number of benzene rings is 1. The molecule has 1 aliphatic rings. The summed E-state index contributed by atoms with van der Waals surface area (Å²) in [7, 11) is 3.88. The van der Waals surface area contributed by atoms with Crippen molar-refractivity contribution in [3.63, 3.8) is 0 Å². The van der Waals surface area contributed by atoms with Crippen molar-refractivity contribution >= 4 is 5.96 Å². The molecule has 1 atom stereocenters. The van der Waals surface area contributed by atoms with E-state index in [1.54, 1.807) is 7.11 Å². The van der Waals surface area contributed by atoms with E-state index in [1.807, 2.05) is 6.07 Å². The highest BCUT2D eigenvalue weighted by Gasteiger charge is 2.24. The highest BCUT2D eigenvalue weighted by atomic mass is 16.5. The fourth-order valence-electron chi connectivity index (χ4n) is 3.39. The minimum absolute atomic E-state index is 0.577. The van der Waals surface area contributed by atoms with Gasteiger partial charge in [0.05, 0.1) is 19.8 Å². The fourth-order valence-corrected chi connectivity index (χ4v) is 3.39. The zero-order valence-electron chi connectivity index (χ0n) is 17.9. The molecule has 0 saturated carbocycles. The second-order valence-corrected chi connectivity index (χ2v) is 7.49. The third-order valence-electron chi connectivity index (χ3n) is 5.02. The van der Waals surface area contributed by atoms with Gasteiger partial charge in [0.15, 0.2) is 5.96 Å². The van der Waals surface area contributed by atoms with Crippen LogP contribution in [-0.4, -0.2) is 82.4 Å². The number of hydrogen-bond donors (Lipinski definition) is 1. The van der Waals surface area contributed by atoms with Crippen LogP contribution in [0.4, 0.5) is 0 Å². The Hall–Kier alpha value is -1.63. The van der Waals surface area contributed by atoms with Crippen molar-refractivity contribution in [2.75, 3.05) is 66.6 Å². The molecule has 0 aliphatic carbocycles. The van der Waals surface area contributed by atoms with E-state index in [9.17, 15) is 0 Å². The first-order valence-corrected chi connectivity index (χ1v) is 10.5. The first-order chi connectivity index (χ1) is 13.7. The average molecular weight is 391 g/mol. The Morgan fingerprint density at radius 2 is 2.11 bits per heavy atom. The molecule has 1 N–H and O–H groups in total. The van der Waals surface area contributed by atoms with Gasteiger partial charge in [-0.05, 0) is 38.9 Å². The van der Waals surface area contributed by atoms with Crippen molar-refractivity contribution in [2.24, 2.45) is 10.9 Å². The summed E-state index contributed by atoms with van der Waals surface area (Å²) in [4.78, 5) is 9.52. The molecule has 0 amide bonds. The van der Waals surface area contributed by atoms with Gasteiger partial charge >= 0.3 is 0 Å². The third kappa shape index (κ3) is 8.59. The maximum atomic E-state index is 5.95. The average Bonchev–Trinajstić information content (AvgIpc) is 3.18. The monoisotopic (exact) mass is 390 g/mol. The first-order valence-electron chi connectivity index (χ1n) is 10.5. The van der Waals surface area contributed by atoms with Gasteiger partial charge in [0.2, 0.25) is 0 Å². The second kappa shape index (κ2) is 13.5. The van der Waals surface area contributed by atoms with E-state index in [-0.39, 0.29) is 0 Å². The summed E-state index contributed by atoms with van der Waals surface area (Å²) in [5.41, 5.74) is 1.24. The van der Waals surface area contributed by atoms with Gasteiger partial charge in [-0.25, -0.2) is 0 Å². The minimum atomic E-state index is 0.577. The summed E-state index contributed by atoms with van der Waals surface area (Å²) in [5, 5.41) is 3.45. The molecule has 28 heavy (non-hydrogen) atoms. The predicted octanol–water partition coefficient (Wildman–Crippen LogP) is 2.46. The lowest BCUT2D eigenvalue weighted by molar-refractivity contribution is 0.0906. The molecule has 2 rings (SSSR count). The van der Waals surface area contributed by atoms with Crippen LogP contribution in [0.5, 0.6) is 0 Å². The molecule has 0 bridgehead atoms. The van der Waals surface area contributed by atoms with Crippen LogP contribution in [0.1, 0.15) is 25.3 Å². The molecule has 1 aromatic carbocycles. The number of methoxy groups -OCH3 is 1. The van der Waals surface area contributed by atoms with E-state index < -0.39 is 0 Å². The van der Waals surface area contributed by atoms with Crippen molar-refractivity contribution in [2.45, 2.75) is 26.4 Å². The number of nitrogens with zero attached hydrogens (tertiary/aromatic N) is 3. The third-order valence-corrected chi connectivity index (χ3v) is 5.02. The molecule has 1 fully saturated rings. The van der Waals surface area contributed by atoms with E-state index >= 15 is 0 Å². The molecule has 0 aromatic heterocycles. The van der Waals surface area contributed by atoms with Gasteiger partial charge in [0, 0.05) is 45.8 Å². The zero-order valence-corrected chi connectivity index (χ0v) is 17.9. The smallest absolute Gasteiger partial charge is 0.193 e. The van der Waals surface area contributed by atoms with Gasteiger partial charge in [0.25, 0.3) is 0 Å². The van der Waals surface area contributed by atoms with E-state index in [1.165, 1.54) is 12.0 Å². The van der Waals surface area contributed by atoms with Crippen molar-refractivity contribution in [1.29, 1.82) is 0 Å². The van der Waals surface area contributed by atoms with Crippen molar-refractivity contribution in [3.8, 4) is 0 Å². The Morgan fingerprint density at radius 1 is 1.29 bits per heavy atom. The molecule has 0 radical (unpaired) electrons. The van der Waals surface area contributed by atoms with E-state index in [0.717, 1.165) is 64.9 Å². The molecule has 158 valence electrons. The van der Waals surface area contributed by atoms with Crippen molar-refractivity contribution < 1.29 is 9.47 Å². The summed E-state index contributed by atoms with van der Waals surface area (Å²) in [6.45, 7) is 10.3. The SMILES string of the molecule is CCNC(=NCCCN(C)CCOC)N1CCC(COCc2ccccc2)C1. The van der Waals surface area contributed by atoms with Crippen LogP contribution in [-0.2, 0) is 16.1 Å². The van der Waals surface area contributed by atoms with Gasteiger partial charge in [-0.3, -0.25) is 4.99 Å². The Morgan fingerprint density at radius 3 is 2.86 bits per heavy atom. The molecule has 1 heterocycles. The topological polar surface area (TPSA) is 49.3 Å². The number of guanidine groups is 1. The molecule has 6 heteroatoms. The van der Waals surface area contributed by atoms with Gasteiger partial charge in [-0.15, -0.1) is 0 Å². The van der Waals surface area contributed by atoms with E-state index in [2.05, 4.69) is 53.4 Å². The summed E-state index contributed by atoms with van der Waals surface area (Å²) in [6, 6.07) is 10.4. The lowest BCUT2D eigenvalue weighted by atomic mass is 10.1. The molecule has 1 unspecified atom stereocenters. The number of likely N-dealkylation sites (N-methyl/N-ethyl adjacent to an activating group) is 1.